The number of benzene rings is 2. The number of carbonyl (C=O) groups excluding carboxylic acids is 2. The van der Waals surface area contributed by atoms with Crippen LogP contribution in [-0.2, 0) is 14.3 Å². The van der Waals surface area contributed by atoms with Crippen LogP contribution in [0, 0.1) is 6.92 Å². The SMILES string of the molecule is COC(=O)C(=O)C[C@@H](c1ccccc1)c1ccc(C)n1[C@H](C)c1ccccc1. The van der Waals surface area contributed by atoms with E-state index in [1.165, 1.54) is 12.7 Å². The second-order valence-corrected chi connectivity index (χ2v) is 6.94. The van der Waals surface area contributed by atoms with E-state index in [2.05, 4.69) is 47.4 Å². The molecule has 0 saturated carbocycles. The summed E-state index contributed by atoms with van der Waals surface area (Å²) in [6.45, 7) is 4.21. The topological polar surface area (TPSA) is 48.3 Å². The smallest absolute Gasteiger partial charge is 0.374 e. The lowest BCUT2D eigenvalue weighted by molar-refractivity contribution is -0.151. The number of hydrogen-bond acceptors (Lipinski definition) is 3. The monoisotopic (exact) mass is 375 g/mol. The Morgan fingerprint density at radius 1 is 0.893 bits per heavy atom. The lowest BCUT2D eigenvalue weighted by atomic mass is 9.90. The number of aryl methyl sites for hydroxylation is 1. The van der Waals surface area contributed by atoms with Gasteiger partial charge in [-0.3, -0.25) is 4.79 Å². The van der Waals surface area contributed by atoms with Crippen molar-refractivity contribution in [2.24, 2.45) is 0 Å². The summed E-state index contributed by atoms with van der Waals surface area (Å²) in [5, 5.41) is 0. The summed E-state index contributed by atoms with van der Waals surface area (Å²) < 4.78 is 6.89. The van der Waals surface area contributed by atoms with Gasteiger partial charge >= 0.3 is 5.97 Å². The summed E-state index contributed by atoms with van der Waals surface area (Å²) in [6, 6.07) is 24.3. The molecule has 0 amide bonds. The van der Waals surface area contributed by atoms with E-state index in [9.17, 15) is 9.59 Å². The number of ether oxygens (including phenoxy) is 1. The van der Waals surface area contributed by atoms with E-state index in [4.69, 9.17) is 0 Å². The highest BCUT2D eigenvalue weighted by molar-refractivity contribution is 6.33. The van der Waals surface area contributed by atoms with Crippen LogP contribution in [0.1, 0.15) is 47.8 Å². The van der Waals surface area contributed by atoms with E-state index >= 15 is 0 Å². The molecule has 28 heavy (non-hydrogen) atoms. The second-order valence-electron chi connectivity index (χ2n) is 6.94. The summed E-state index contributed by atoms with van der Waals surface area (Å²) in [5.74, 6) is -1.55. The number of hydrogen-bond donors (Lipinski definition) is 0. The molecule has 0 radical (unpaired) electrons. The third-order valence-corrected chi connectivity index (χ3v) is 5.18. The lowest BCUT2D eigenvalue weighted by Gasteiger charge is -2.25. The molecule has 3 aromatic rings. The molecule has 0 N–H and O–H groups in total. The minimum Gasteiger partial charge on any atom is -0.463 e. The maximum atomic E-state index is 12.4. The molecule has 2 aromatic carbocycles. The molecule has 0 aliphatic heterocycles. The first kappa shape index (κ1) is 19.6. The molecule has 0 fully saturated rings. The summed E-state index contributed by atoms with van der Waals surface area (Å²) >= 11 is 0. The Morgan fingerprint density at radius 3 is 2.04 bits per heavy atom. The summed E-state index contributed by atoms with van der Waals surface area (Å²) in [4.78, 5) is 24.2. The fourth-order valence-electron chi connectivity index (χ4n) is 3.73. The molecule has 1 aromatic heterocycles. The van der Waals surface area contributed by atoms with E-state index in [-0.39, 0.29) is 18.4 Å². The minimum atomic E-state index is -0.799. The van der Waals surface area contributed by atoms with Gasteiger partial charge in [-0.15, -0.1) is 0 Å². The number of rotatable bonds is 7. The van der Waals surface area contributed by atoms with Gasteiger partial charge < -0.3 is 9.30 Å². The third kappa shape index (κ3) is 4.06. The molecule has 0 saturated heterocycles. The summed E-state index contributed by atoms with van der Waals surface area (Å²) in [6.07, 6.45) is 0.0711. The number of nitrogens with zero attached hydrogens (tertiary/aromatic N) is 1. The zero-order valence-electron chi connectivity index (χ0n) is 16.5. The number of aromatic nitrogens is 1. The van der Waals surface area contributed by atoms with Gasteiger partial charge in [0.2, 0.25) is 5.78 Å². The zero-order chi connectivity index (χ0) is 20.1. The number of carbonyl (C=O) groups is 2. The van der Waals surface area contributed by atoms with Gasteiger partial charge in [0, 0.05) is 23.7 Å². The first-order valence-electron chi connectivity index (χ1n) is 9.41. The van der Waals surface area contributed by atoms with E-state index in [1.807, 2.05) is 48.5 Å². The first-order valence-corrected chi connectivity index (χ1v) is 9.41. The highest BCUT2D eigenvalue weighted by Gasteiger charge is 2.27. The van der Waals surface area contributed by atoms with Crippen LogP contribution < -0.4 is 0 Å². The first-order chi connectivity index (χ1) is 13.5. The van der Waals surface area contributed by atoms with Crippen molar-refractivity contribution in [1.29, 1.82) is 0 Å². The Balaban J connectivity index is 2.06. The van der Waals surface area contributed by atoms with Crippen LogP contribution in [0.3, 0.4) is 0 Å². The third-order valence-electron chi connectivity index (χ3n) is 5.18. The molecule has 0 aliphatic rings. The number of methoxy groups -OCH3 is 1. The fourth-order valence-corrected chi connectivity index (χ4v) is 3.73. The molecule has 0 bridgehead atoms. The normalized spacial score (nSPS) is 13.0. The zero-order valence-corrected chi connectivity index (χ0v) is 16.5. The maximum absolute atomic E-state index is 12.4. The molecule has 0 aliphatic carbocycles. The van der Waals surface area contributed by atoms with Gasteiger partial charge in [-0.25, -0.2) is 4.79 Å². The Morgan fingerprint density at radius 2 is 1.46 bits per heavy atom. The number of ketones is 1. The Bertz CT molecular complexity index is 944. The summed E-state index contributed by atoms with van der Waals surface area (Å²) in [7, 11) is 1.24. The predicted molar refractivity (Wildman–Crippen MR) is 109 cm³/mol. The van der Waals surface area contributed by atoms with E-state index in [1.54, 1.807) is 0 Å². The van der Waals surface area contributed by atoms with Crippen molar-refractivity contribution in [3.05, 3.63) is 95.3 Å². The van der Waals surface area contributed by atoms with Crippen LogP contribution in [0.15, 0.2) is 72.8 Å². The van der Waals surface area contributed by atoms with Crippen molar-refractivity contribution in [2.75, 3.05) is 7.11 Å². The van der Waals surface area contributed by atoms with Crippen molar-refractivity contribution in [2.45, 2.75) is 32.2 Å². The van der Waals surface area contributed by atoms with Gasteiger partial charge in [0.15, 0.2) is 0 Å². The highest BCUT2D eigenvalue weighted by atomic mass is 16.5. The summed E-state index contributed by atoms with van der Waals surface area (Å²) in [5.41, 5.74) is 4.31. The van der Waals surface area contributed by atoms with Crippen LogP contribution >= 0.6 is 0 Å². The average Bonchev–Trinajstić information content (AvgIpc) is 3.12. The van der Waals surface area contributed by atoms with E-state index < -0.39 is 11.8 Å². The van der Waals surface area contributed by atoms with Crippen molar-refractivity contribution in [3.63, 3.8) is 0 Å². The van der Waals surface area contributed by atoms with Gasteiger partial charge in [-0.2, -0.15) is 0 Å². The molecule has 2 atom stereocenters. The van der Waals surface area contributed by atoms with Crippen LogP contribution in [0.2, 0.25) is 0 Å². The molecule has 4 heteroatoms. The van der Waals surface area contributed by atoms with Gasteiger partial charge in [0.1, 0.15) is 0 Å². The molecule has 144 valence electrons. The molecule has 1 heterocycles. The standard InChI is InChI=1S/C24H25NO3/c1-17-14-15-22(25(17)18(2)19-10-6-4-7-11-19)21(16-23(26)24(27)28-3)20-12-8-5-9-13-20/h4-15,18,21H,16H2,1-3H3/t18-,21+/m1/s1. The lowest BCUT2D eigenvalue weighted by Crippen LogP contribution is -2.22. The van der Waals surface area contributed by atoms with Crippen LogP contribution in [-0.4, -0.2) is 23.4 Å². The Kier molecular flexibility index (Phi) is 6.09. The van der Waals surface area contributed by atoms with Gasteiger partial charge in [-0.1, -0.05) is 60.7 Å². The second kappa shape index (κ2) is 8.70. The van der Waals surface area contributed by atoms with E-state index in [0.29, 0.717) is 0 Å². The van der Waals surface area contributed by atoms with Crippen molar-refractivity contribution < 1.29 is 14.3 Å². The largest absolute Gasteiger partial charge is 0.463 e. The minimum absolute atomic E-state index is 0.0711. The molecular weight excluding hydrogens is 350 g/mol. The predicted octanol–water partition coefficient (Wildman–Crippen LogP) is 4.67. The van der Waals surface area contributed by atoms with Crippen LogP contribution in [0.4, 0.5) is 0 Å². The number of esters is 1. The van der Waals surface area contributed by atoms with Crippen molar-refractivity contribution in [1.82, 2.24) is 4.57 Å². The van der Waals surface area contributed by atoms with Crippen LogP contribution in [0.5, 0.6) is 0 Å². The quantitative estimate of drug-likeness (QED) is 0.445. The average molecular weight is 375 g/mol. The Hall–Kier alpha value is -3.14. The highest BCUT2D eigenvalue weighted by Crippen LogP contribution is 2.33. The number of Topliss-reactive ketones (excluding diaryl/α,β-unsaturated/α-hetero) is 1. The van der Waals surface area contributed by atoms with Gasteiger partial charge in [-0.05, 0) is 37.1 Å². The molecular formula is C24H25NO3. The molecule has 0 unspecified atom stereocenters. The molecule has 3 rings (SSSR count). The van der Waals surface area contributed by atoms with Gasteiger partial charge in [0.05, 0.1) is 13.2 Å². The van der Waals surface area contributed by atoms with Crippen molar-refractivity contribution in [3.8, 4) is 0 Å². The van der Waals surface area contributed by atoms with Gasteiger partial charge in [0.25, 0.3) is 0 Å². The van der Waals surface area contributed by atoms with Crippen LogP contribution in [0.25, 0.3) is 0 Å². The molecule has 4 nitrogen and oxygen atoms in total. The fraction of sp³-hybridized carbons (Fsp3) is 0.250. The Labute approximate surface area is 165 Å². The van der Waals surface area contributed by atoms with E-state index in [0.717, 1.165) is 17.0 Å². The maximum Gasteiger partial charge on any atom is 0.374 e. The van der Waals surface area contributed by atoms with Crippen molar-refractivity contribution >= 4 is 11.8 Å². The molecule has 0 spiro atoms.